The van der Waals surface area contributed by atoms with E-state index in [0.717, 1.165) is 11.4 Å². The molecule has 132 valence electrons. The first-order valence-corrected chi connectivity index (χ1v) is 8.71. The van der Waals surface area contributed by atoms with Gasteiger partial charge in [0.05, 0.1) is 12.4 Å². The highest BCUT2D eigenvalue weighted by Gasteiger charge is 2.09. The first-order chi connectivity index (χ1) is 12.0. The predicted molar refractivity (Wildman–Crippen MR) is 97.2 cm³/mol. The third-order valence-corrected chi connectivity index (χ3v) is 4.30. The van der Waals surface area contributed by atoms with Gasteiger partial charge in [-0.15, -0.1) is 10.2 Å². The normalized spacial score (nSPS) is 10.8. The molecule has 0 aliphatic heterocycles. The van der Waals surface area contributed by atoms with E-state index in [9.17, 15) is 9.59 Å². The molecule has 1 amide bonds. The average Bonchev–Trinajstić information content (AvgIpc) is 2.91. The predicted octanol–water partition coefficient (Wildman–Crippen LogP) is 2.43. The highest BCUT2D eigenvalue weighted by Crippen LogP contribution is 2.16. The minimum absolute atomic E-state index is 0.125. The number of nitrogens with one attached hydrogen (secondary N) is 1. The summed E-state index contributed by atoms with van der Waals surface area (Å²) in [6, 6.07) is 7.18. The molecule has 25 heavy (non-hydrogen) atoms. The number of rotatable bonds is 7. The van der Waals surface area contributed by atoms with E-state index in [4.69, 9.17) is 4.74 Å². The van der Waals surface area contributed by atoms with Gasteiger partial charge in [-0.3, -0.25) is 4.79 Å². The van der Waals surface area contributed by atoms with E-state index in [1.807, 2.05) is 30.7 Å². The summed E-state index contributed by atoms with van der Waals surface area (Å²) in [5.41, 5.74) is 1.53. The van der Waals surface area contributed by atoms with Gasteiger partial charge >= 0.3 is 5.97 Å². The zero-order chi connectivity index (χ0) is 18.2. The van der Waals surface area contributed by atoms with E-state index in [2.05, 4.69) is 15.5 Å². The van der Waals surface area contributed by atoms with Gasteiger partial charge in [-0.1, -0.05) is 23.9 Å². The minimum atomic E-state index is -0.379. The van der Waals surface area contributed by atoms with Crippen LogP contribution in [0.5, 0.6) is 0 Å². The van der Waals surface area contributed by atoms with Crippen molar-refractivity contribution in [2.45, 2.75) is 19.0 Å². The molecule has 8 heteroatoms. The maximum absolute atomic E-state index is 12.0. The van der Waals surface area contributed by atoms with Gasteiger partial charge in [0, 0.05) is 18.8 Å². The van der Waals surface area contributed by atoms with Crippen LogP contribution in [0.25, 0.3) is 6.08 Å². The van der Waals surface area contributed by atoms with E-state index >= 15 is 0 Å². The molecule has 1 aromatic heterocycles. The van der Waals surface area contributed by atoms with Crippen LogP contribution in [-0.2, 0) is 21.4 Å². The van der Waals surface area contributed by atoms with Crippen molar-refractivity contribution in [3.8, 4) is 0 Å². The fourth-order valence-corrected chi connectivity index (χ4v) is 2.63. The Bertz CT molecular complexity index is 769. The molecule has 0 aliphatic rings. The number of benzene rings is 1. The lowest BCUT2D eigenvalue weighted by Crippen LogP contribution is -2.14. The van der Waals surface area contributed by atoms with Crippen LogP contribution in [0.15, 0.2) is 35.5 Å². The van der Waals surface area contributed by atoms with Gasteiger partial charge < -0.3 is 14.6 Å². The number of carbonyl (C=O) groups excluding carboxylic acids is 2. The third-order valence-electron chi connectivity index (χ3n) is 3.28. The van der Waals surface area contributed by atoms with Crippen LogP contribution in [0.3, 0.4) is 0 Å². The van der Waals surface area contributed by atoms with Gasteiger partial charge in [0.25, 0.3) is 0 Å². The van der Waals surface area contributed by atoms with Gasteiger partial charge in [0.1, 0.15) is 5.82 Å². The van der Waals surface area contributed by atoms with Crippen molar-refractivity contribution in [3.05, 3.63) is 41.7 Å². The van der Waals surface area contributed by atoms with Crippen molar-refractivity contribution in [1.29, 1.82) is 0 Å². The molecule has 1 N–H and O–H groups in total. The molecule has 2 aromatic rings. The van der Waals surface area contributed by atoms with Gasteiger partial charge in [0.15, 0.2) is 5.16 Å². The molecule has 2 rings (SSSR count). The Morgan fingerprint density at radius 3 is 2.60 bits per heavy atom. The molecule has 0 saturated carbocycles. The quantitative estimate of drug-likeness (QED) is 0.464. The van der Waals surface area contributed by atoms with Crippen molar-refractivity contribution in [2.75, 3.05) is 17.7 Å². The first kappa shape index (κ1) is 18.7. The lowest BCUT2D eigenvalue weighted by Gasteiger charge is -2.05. The second-order valence-electron chi connectivity index (χ2n) is 5.13. The summed E-state index contributed by atoms with van der Waals surface area (Å²) in [7, 11) is 1.86. The van der Waals surface area contributed by atoms with Crippen molar-refractivity contribution >= 4 is 35.4 Å². The van der Waals surface area contributed by atoms with E-state index in [0.29, 0.717) is 17.5 Å². The molecule has 0 atom stereocenters. The Hall–Kier alpha value is -2.61. The molecule has 0 bridgehead atoms. The summed E-state index contributed by atoms with van der Waals surface area (Å²) in [5.74, 6) is 0.544. The van der Waals surface area contributed by atoms with Gasteiger partial charge in [-0.25, -0.2) is 4.79 Å². The van der Waals surface area contributed by atoms with Crippen LogP contribution in [0, 0.1) is 6.92 Å². The average molecular weight is 360 g/mol. The molecule has 0 unspecified atom stereocenters. The van der Waals surface area contributed by atoms with Gasteiger partial charge in [-0.05, 0) is 37.6 Å². The smallest absolute Gasteiger partial charge is 0.330 e. The van der Waals surface area contributed by atoms with Crippen LogP contribution < -0.4 is 5.32 Å². The zero-order valence-corrected chi connectivity index (χ0v) is 15.2. The zero-order valence-electron chi connectivity index (χ0n) is 14.4. The maximum atomic E-state index is 12.0. The SMILES string of the molecule is CCOC(=O)/C=C/c1ccc(NC(=O)CSc2nnc(C)n2C)cc1. The standard InChI is InChI=1S/C17H20N4O3S/c1-4-24-16(23)10-7-13-5-8-14(9-6-13)18-15(22)11-25-17-20-19-12(2)21(17)3/h5-10H,4,11H2,1-3H3,(H,18,22)/b10-7+. The monoisotopic (exact) mass is 360 g/mol. The van der Waals surface area contributed by atoms with Crippen molar-refractivity contribution in [1.82, 2.24) is 14.8 Å². The topological polar surface area (TPSA) is 86.1 Å². The Labute approximate surface area is 150 Å². The fourth-order valence-electron chi connectivity index (χ4n) is 1.87. The van der Waals surface area contributed by atoms with E-state index in [1.54, 1.807) is 25.1 Å². The molecule has 0 aliphatic carbocycles. The second kappa shape index (κ2) is 9.03. The van der Waals surface area contributed by atoms with Crippen LogP contribution in [0.1, 0.15) is 18.3 Å². The van der Waals surface area contributed by atoms with Gasteiger partial charge in [-0.2, -0.15) is 0 Å². The molecule has 0 saturated heterocycles. The maximum Gasteiger partial charge on any atom is 0.330 e. The summed E-state index contributed by atoms with van der Waals surface area (Å²) in [6.07, 6.45) is 3.03. The molecule has 0 fully saturated rings. The van der Waals surface area contributed by atoms with E-state index in [-0.39, 0.29) is 17.6 Å². The number of thioether (sulfide) groups is 1. The molecule has 1 heterocycles. The van der Waals surface area contributed by atoms with E-state index < -0.39 is 0 Å². The summed E-state index contributed by atoms with van der Waals surface area (Å²) in [6.45, 7) is 3.96. The number of aryl methyl sites for hydroxylation is 1. The summed E-state index contributed by atoms with van der Waals surface area (Å²) < 4.78 is 6.65. The number of hydrogen-bond donors (Lipinski definition) is 1. The van der Waals surface area contributed by atoms with Gasteiger partial charge in [0.2, 0.25) is 5.91 Å². The Morgan fingerprint density at radius 1 is 1.28 bits per heavy atom. The largest absolute Gasteiger partial charge is 0.463 e. The van der Waals surface area contributed by atoms with E-state index in [1.165, 1.54) is 17.8 Å². The number of carbonyl (C=O) groups is 2. The number of hydrogen-bond acceptors (Lipinski definition) is 6. The first-order valence-electron chi connectivity index (χ1n) is 7.73. The molecule has 0 radical (unpaired) electrons. The number of anilines is 1. The molecule has 0 spiro atoms. The summed E-state index contributed by atoms with van der Waals surface area (Å²) >= 11 is 1.33. The Morgan fingerprint density at radius 2 is 2.00 bits per heavy atom. The number of esters is 1. The van der Waals surface area contributed by atoms with Crippen LogP contribution in [0.2, 0.25) is 0 Å². The molecule has 1 aromatic carbocycles. The Balaban J connectivity index is 1.85. The van der Waals surface area contributed by atoms with Crippen molar-refractivity contribution < 1.29 is 14.3 Å². The number of nitrogens with zero attached hydrogens (tertiary/aromatic N) is 3. The fraction of sp³-hybridized carbons (Fsp3) is 0.294. The molecule has 7 nitrogen and oxygen atoms in total. The molecular weight excluding hydrogens is 340 g/mol. The second-order valence-corrected chi connectivity index (χ2v) is 6.08. The lowest BCUT2D eigenvalue weighted by molar-refractivity contribution is -0.137. The van der Waals surface area contributed by atoms with Crippen LogP contribution in [-0.4, -0.2) is 39.0 Å². The van der Waals surface area contributed by atoms with Crippen molar-refractivity contribution in [2.24, 2.45) is 7.05 Å². The summed E-state index contributed by atoms with van der Waals surface area (Å²) in [4.78, 5) is 23.3. The highest BCUT2D eigenvalue weighted by atomic mass is 32.2. The summed E-state index contributed by atoms with van der Waals surface area (Å²) in [5, 5.41) is 11.5. The number of aromatic nitrogens is 3. The Kier molecular flexibility index (Phi) is 6.76. The number of ether oxygens (including phenoxy) is 1. The van der Waals surface area contributed by atoms with Crippen molar-refractivity contribution in [3.63, 3.8) is 0 Å². The minimum Gasteiger partial charge on any atom is -0.463 e. The highest BCUT2D eigenvalue weighted by molar-refractivity contribution is 7.99. The van der Waals surface area contributed by atoms with Crippen LogP contribution in [0.4, 0.5) is 5.69 Å². The molecular formula is C17H20N4O3S. The number of amides is 1. The lowest BCUT2D eigenvalue weighted by atomic mass is 10.2. The van der Waals surface area contributed by atoms with Crippen LogP contribution >= 0.6 is 11.8 Å². The third kappa shape index (κ3) is 5.75.